The third-order valence-corrected chi connectivity index (χ3v) is 17.2. The number of terminal acetylenes is 1. The highest BCUT2D eigenvalue weighted by atomic mass is 16.6. The van der Waals surface area contributed by atoms with Crippen molar-refractivity contribution < 1.29 is 96.1 Å². The van der Waals surface area contributed by atoms with Gasteiger partial charge in [-0.2, -0.15) is 0 Å². The maximum absolute atomic E-state index is 15.9. The van der Waals surface area contributed by atoms with Crippen LogP contribution in [0.3, 0.4) is 0 Å². The van der Waals surface area contributed by atoms with Crippen LogP contribution in [0.15, 0.2) is 126 Å². The van der Waals surface area contributed by atoms with E-state index in [-0.39, 0.29) is 72.0 Å². The van der Waals surface area contributed by atoms with Gasteiger partial charge in [0.25, 0.3) is 5.91 Å². The number of benzene rings is 4. The Morgan fingerprint density at radius 3 is 2.01 bits per heavy atom. The third kappa shape index (κ3) is 14.3. The molecule has 22 heteroatoms. The van der Waals surface area contributed by atoms with Crippen molar-refractivity contribution in [2.75, 3.05) is 25.1 Å². The lowest BCUT2D eigenvalue weighted by molar-refractivity contribution is -0.346. The van der Waals surface area contributed by atoms with Crippen LogP contribution in [0.5, 0.6) is 0 Å². The summed E-state index contributed by atoms with van der Waals surface area (Å²) < 4.78 is 47.6. The molecule has 89 heavy (non-hydrogen) atoms. The van der Waals surface area contributed by atoms with E-state index in [9.17, 15) is 48.6 Å². The zero-order chi connectivity index (χ0) is 64.4. The number of Topliss-reactive ketones (excluding diaryl/α,β-unsaturated/α-hetero) is 2. The molecule has 470 valence electrons. The third-order valence-electron chi connectivity index (χ3n) is 17.2. The Balaban J connectivity index is 1.10. The molecule has 22 nitrogen and oxygen atoms in total. The molecule has 3 fully saturated rings. The molecule has 0 aromatic heterocycles. The number of nitrogens with one attached hydrogen (secondary N) is 2. The van der Waals surface area contributed by atoms with Crippen molar-refractivity contribution in [3.8, 4) is 12.3 Å². The van der Waals surface area contributed by atoms with Gasteiger partial charge in [0.15, 0.2) is 17.5 Å². The lowest BCUT2D eigenvalue weighted by Crippen LogP contribution is -2.82. The highest BCUT2D eigenvalue weighted by molar-refractivity contribution is 5.97. The predicted octanol–water partition coefficient (Wildman–Crippen LogP) is 6.14. The minimum absolute atomic E-state index is 0.00400. The van der Waals surface area contributed by atoms with Gasteiger partial charge in [0.05, 0.1) is 29.6 Å². The number of anilines is 1. The molecule has 2 saturated carbocycles. The lowest BCUT2D eigenvalue weighted by atomic mass is 9.44. The average Bonchev–Trinajstić information content (AvgIpc) is 0.747. The minimum Gasteiger partial charge on any atom is -0.459 e. The normalized spacial score (nSPS) is 25.4. The van der Waals surface area contributed by atoms with E-state index in [1.165, 1.54) is 52.0 Å². The smallest absolute Gasteiger partial charge is 0.350 e. The van der Waals surface area contributed by atoms with Gasteiger partial charge in [0.1, 0.15) is 55.6 Å². The second-order valence-electron chi connectivity index (χ2n) is 23.3. The number of unbranched alkanes of at least 4 members (excludes halogenated alkanes) is 1. The Labute approximate surface area is 514 Å². The van der Waals surface area contributed by atoms with Crippen LogP contribution in [0.4, 0.5) is 5.69 Å². The van der Waals surface area contributed by atoms with E-state index in [4.69, 9.17) is 44.3 Å². The van der Waals surface area contributed by atoms with E-state index in [2.05, 4.69) is 16.6 Å². The first-order valence-corrected chi connectivity index (χ1v) is 29.1. The van der Waals surface area contributed by atoms with Gasteiger partial charge in [-0.25, -0.2) is 19.2 Å². The molecule has 0 radical (unpaired) electrons. The summed E-state index contributed by atoms with van der Waals surface area (Å²) in [5, 5.41) is 31.8. The molecule has 4 aromatic rings. The molecular formula is C67H72N2O20. The number of carbonyl (C=O) groups is 10. The standard InChI is InChI=1S/C67H72N2O20/c1-8-9-13-26-47(72)31-32-51(74)68-46-29-27-42(28-30-46)35-83-52(75)36-82-37-53(76)87-57(55(43-20-14-10-15-21-43)69-61(78)44-22-16-11-17-23-44)63(80)86-48-34-67(81)60(88-62(79)45-24-18-12-19-25-45)58-65(7,49(73)33-50-66(58,38-84-50)89-41(4)71)59(77)56(85-40(3)70)54(39(48)2)64(67,5)6/h1,10-12,14-25,27-30,48-50,55-58,60,73,81H,9,13,26,31-38H2,2-7H3,(H,68,74)(H,69,78)/t48-,49-,50+,55?,56+,57+,58-,60-,65+,66-,67+/m0/s1. The van der Waals surface area contributed by atoms with Crippen LogP contribution < -0.4 is 10.6 Å². The van der Waals surface area contributed by atoms with Crippen molar-refractivity contribution >= 4 is 64.9 Å². The highest BCUT2D eigenvalue weighted by Crippen LogP contribution is 2.64. The molecule has 2 amide bonds. The number of ketones is 2. The van der Waals surface area contributed by atoms with Crippen LogP contribution >= 0.6 is 0 Å². The average molecular weight is 1230 g/mol. The van der Waals surface area contributed by atoms with E-state index in [1.807, 2.05) is 0 Å². The molecule has 4 aliphatic rings. The zero-order valence-corrected chi connectivity index (χ0v) is 50.2. The molecule has 1 unspecified atom stereocenters. The summed E-state index contributed by atoms with van der Waals surface area (Å²) in [6, 6.07) is 28.3. The van der Waals surface area contributed by atoms with Gasteiger partial charge in [-0.15, -0.1) is 12.3 Å². The Hall–Kier alpha value is -8.88. The molecule has 2 bridgehead atoms. The van der Waals surface area contributed by atoms with Gasteiger partial charge in [-0.1, -0.05) is 92.7 Å². The van der Waals surface area contributed by atoms with E-state index in [1.54, 1.807) is 91.0 Å². The van der Waals surface area contributed by atoms with Crippen molar-refractivity contribution in [2.24, 2.45) is 16.7 Å². The number of fused-ring (bicyclic) bond motifs is 5. The number of amides is 2. The summed E-state index contributed by atoms with van der Waals surface area (Å²) in [7, 11) is 0. The Bertz CT molecular complexity index is 3400. The molecule has 11 atom stereocenters. The quantitative estimate of drug-likeness (QED) is 0.0201. The van der Waals surface area contributed by atoms with Crippen LogP contribution in [-0.2, 0) is 82.9 Å². The van der Waals surface area contributed by atoms with Crippen molar-refractivity contribution in [2.45, 2.75) is 147 Å². The number of ether oxygens (including phenoxy) is 8. The van der Waals surface area contributed by atoms with E-state index in [0.717, 1.165) is 13.8 Å². The van der Waals surface area contributed by atoms with E-state index < -0.39 is 138 Å². The topological polar surface area (TPSA) is 309 Å². The summed E-state index contributed by atoms with van der Waals surface area (Å²) in [6.07, 6.45) is -4.81. The molecule has 3 aliphatic carbocycles. The van der Waals surface area contributed by atoms with Crippen LogP contribution in [-0.4, -0.2) is 137 Å². The van der Waals surface area contributed by atoms with Crippen molar-refractivity contribution in [3.05, 3.63) is 149 Å². The fraction of sp³-hybridized carbons (Fsp3) is 0.433. The summed E-state index contributed by atoms with van der Waals surface area (Å²) in [4.78, 5) is 138. The molecule has 1 heterocycles. The van der Waals surface area contributed by atoms with Gasteiger partial charge in [-0.3, -0.25) is 28.8 Å². The molecule has 8 rings (SSSR count). The Kier molecular flexibility index (Phi) is 20.9. The number of hydrogen-bond donors (Lipinski definition) is 4. The fourth-order valence-corrected chi connectivity index (χ4v) is 12.6. The van der Waals surface area contributed by atoms with Crippen LogP contribution in [0.25, 0.3) is 0 Å². The van der Waals surface area contributed by atoms with E-state index >= 15 is 9.59 Å². The number of carbonyl (C=O) groups excluding carboxylic acids is 10. The molecular weight excluding hydrogens is 1150 g/mol. The number of rotatable bonds is 24. The van der Waals surface area contributed by atoms with E-state index in [0.29, 0.717) is 30.5 Å². The largest absolute Gasteiger partial charge is 0.459 e. The summed E-state index contributed by atoms with van der Waals surface area (Å²) in [5.74, 6) is -7.58. The van der Waals surface area contributed by atoms with Crippen molar-refractivity contribution in [1.29, 1.82) is 0 Å². The van der Waals surface area contributed by atoms with Crippen LogP contribution in [0.2, 0.25) is 0 Å². The zero-order valence-electron chi connectivity index (χ0n) is 50.2. The minimum atomic E-state index is -2.55. The van der Waals surface area contributed by atoms with Gasteiger partial charge in [0.2, 0.25) is 12.0 Å². The summed E-state index contributed by atoms with van der Waals surface area (Å²) >= 11 is 0. The predicted molar refractivity (Wildman–Crippen MR) is 314 cm³/mol. The second-order valence-corrected chi connectivity index (χ2v) is 23.3. The Morgan fingerprint density at radius 1 is 0.775 bits per heavy atom. The maximum atomic E-state index is 15.9. The molecule has 1 saturated heterocycles. The first-order chi connectivity index (χ1) is 42.3. The maximum Gasteiger partial charge on any atom is 0.350 e. The van der Waals surface area contributed by atoms with Gasteiger partial charge >= 0.3 is 35.8 Å². The van der Waals surface area contributed by atoms with Gasteiger partial charge in [0, 0.05) is 69.0 Å². The molecule has 1 aliphatic heterocycles. The number of aliphatic hydroxyl groups excluding tert-OH is 1. The van der Waals surface area contributed by atoms with Crippen molar-refractivity contribution in [3.63, 3.8) is 0 Å². The van der Waals surface area contributed by atoms with Gasteiger partial charge in [-0.05, 0) is 78.9 Å². The first-order valence-electron chi connectivity index (χ1n) is 29.1. The number of hydrogen-bond acceptors (Lipinski definition) is 20. The van der Waals surface area contributed by atoms with Crippen LogP contribution in [0, 0.1) is 29.1 Å². The molecule has 4 aromatic carbocycles. The second kappa shape index (κ2) is 28.1. The summed E-state index contributed by atoms with van der Waals surface area (Å²) in [5.41, 5.74) is -7.09. The lowest BCUT2D eigenvalue weighted by Gasteiger charge is -2.67. The fourth-order valence-electron chi connectivity index (χ4n) is 12.6. The van der Waals surface area contributed by atoms with Crippen molar-refractivity contribution in [1.82, 2.24) is 5.32 Å². The number of aliphatic hydroxyl groups is 2. The monoisotopic (exact) mass is 1220 g/mol. The number of esters is 6. The first kappa shape index (κ1) is 66.1. The molecule has 4 N–H and O–H groups in total. The Morgan fingerprint density at radius 2 is 1.40 bits per heavy atom. The van der Waals surface area contributed by atoms with Crippen LogP contribution in [0.1, 0.15) is 124 Å². The summed E-state index contributed by atoms with van der Waals surface area (Å²) in [6.45, 7) is 5.65. The van der Waals surface area contributed by atoms with Gasteiger partial charge < -0.3 is 58.7 Å². The highest BCUT2D eigenvalue weighted by Gasteiger charge is 2.78. The SMILES string of the molecule is C#CCCCC(=O)CCC(=O)Nc1ccc(COC(=O)COCC(=O)O[C@@H](C(=O)O[C@H]2C[C@@]3(O)[C@@H](OC(=O)c4ccccc4)[C@@H]4[C@]5(OC(C)=O)CO[C@@H]5C[C@H](O)[C@@]4(C)C(=O)[C@H](OC(C)=O)C(=C2C)C3(C)C)C(NC(=O)c2ccccc2)c2ccccc2)cc1. The molecule has 0 spiro atoms.